The zero-order chi connectivity index (χ0) is 14.8. The Bertz CT molecular complexity index is 467. The summed E-state index contributed by atoms with van der Waals surface area (Å²) in [6.45, 7) is 6.42. The van der Waals surface area contributed by atoms with Crippen molar-refractivity contribution in [3.8, 4) is 0 Å². The van der Waals surface area contributed by atoms with Crippen LogP contribution >= 0.6 is 11.8 Å². The lowest BCUT2D eigenvalue weighted by atomic mass is 9.79. The minimum atomic E-state index is -0.751. The molecule has 6 heteroatoms. The molecule has 1 aromatic rings. The Balaban J connectivity index is 2.05. The first-order valence-electron chi connectivity index (χ1n) is 7.06. The summed E-state index contributed by atoms with van der Waals surface area (Å²) >= 11 is 1.75. The molecule has 0 radical (unpaired) electrons. The predicted octanol–water partition coefficient (Wildman–Crippen LogP) is 3.46. The Labute approximate surface area is 123 Å². The fraction of sp³-hybridized carbons (Fsp3) is 0.786. The van der Waals surface area contributed by atoms with E-state index in [0.29, 0.717) is 23.9 Å². The van der Waals surface area contributed by atoms with Gasteiger partial charge < -0.3 is 9.63 Å². The normalized spacial score (nSPS) is 23.8. The highest BCUT2D eigenvalue weighted by Gasteiger charge is 2.35. The van der Waals surface area contributed by atoms with Gasteiger partial charge in [0.25, 0.3) is 0 Å². The second-order valence-corrected chi connectivity index (χ2v) is 8.09. The number of carboxylic acids is 1. The summed E-state index contributed by atoms with van der Waals surface area (Å²) < 4.78 is 5.46. The number of carbonyl (C=O) groups is 1. The Morgan fingerprint density at radius 2 is 2.10 bits per heavy atom. The molecule has 1 N–H and O–H groups in total. The molecule has 1 saturated carbocycles. The largest absolute Gasteiger partial charge is 0.481 e. The Hall–Kier alpha value is -1.04. The first-order chi connectivity index (χ1) is 9.37. The van der Waals surface area contributed by atoms with Gasteiger partial charge in [-0.05, 0) is 12.8 Å². The van der Waals surface area contributed by atoms with Gasteiger partial charge in [0, 0.05) is 4.75 Å². The number of aromatic nitrogens is 2. The van der Waals surface area contributed by atoms with Crippen LogP contribution in [-0.4, -0.2) is 26.0 Å². The van der Waals surface area contributed by atoms with Crippen LogP contribution in [0, 0.1) is 5.92 Å². The Morgan fingerprint density at radius 1 is 1.40 bits per heavy atom. The molecule has 1 heterocycles. The maximum Gasteiger partial charge on any atom is 0.307 e. The first-order valence-corrected chi connectivity index (χ1v) is 8.04. The number of aliphatic carboxylic acids is 1. The van der Waals surface area contributed by atoms with E-state index in [1.165, 1.54) is 0 Å². The van der Waals surface area contributed by atoms with Crippen LogP contribution in [0.5, 0.6) is 0 Å². The molecule has 0 saturated heterocycles. The fourth-order valence-electron chi connectivity index (χ4n) is 2.48. The highest BCUT2D eigenvalue weighted by molar-refractivity contribution is 7.99. The summed E-state index contributed by atoms with van der Waals surface area (Å²) in [5, 5.41) is 13.3. The second-order valence-electron chi connectivity index (χ2n) is 6.29. The molecule has 0 aromatic carbocycles. The third-order valence-corrected chi connectivity index (χ3v) is 4.79. The summed E-state index contributed by atoms with van der Waals surface area (Å²) in [5.41, 5.74) is 0. The van der Waals surface area contributed by atoms with Gasteiger partial charge in [-0.1, -0.05) is 38.8 Å². The van der Waals surface area contributed by atoms with Crippen LogP contribution in [0.2, 0.25) is 0 Å². The molecule has 1 aliphatic carbocycles. The van der Waals surface area contributed by atoms with Crippen molar-refractivity contribution in [2.45, 2.75) is 62.9 Å². The van der Waals surface area contributed by atoms with Crippen LogP contribution < -0.4 is 0 Å². The molecule has 1 fully saturated rings. The van der Waals surface area contributed by atoms with Crippen molar-refractivity contribution >= 4 is 17.7 Å². The molecule has 2 atom stereocenters. The number of hydrogen-bond donors (Lipinski definition) is 1. The topological polar surface area (TPSA) is 76.2 Å². The molecule has 112 valence electrons. The molecule has 2 rings (SSSR count). The third kappa shape index (κ3) is 3.98. The van der Waals surface area contributed by atoms with Gasteiger partial charge in [-0.25, -0.2) is 0 Å². The van der Waals surface area contributed by atoms with Gasteiger partial charge >= 0.3 is 5.97 Å². The quantitative estimate of drug-likeness (QED) is 0.917. The van der Waals surface area contributed by atoms with Crippen LogP contribution in [0.1, 0.15) is 64.1 Å². The molecule has 1 aromatic heterocycles. The van der Waals surface area contributed by atoms with Crippen molar-refractivity contribution < 1.29 is 14.4 Å². The zero-order valence-electron chi connectivity index (χ0n) is 12.3. The lowest BCUT2D eigenvalue weighted by Crippen LogP contribution is -2.25. The van der Waals surface area contributed by atoms with E-state index in [1.54, 1.807) is 11.8 Å². The van der Waals surface area contributed by atoms with Crippen LogP contribution in [0.25, 0.3) is 0 Å². The van der Waals surface area contributed by atoms with Crippen molar-refractivity contribution in [3.05, 3.63) is 11.7 Å². The molecule has 0 amide bonds. The smallest absolute Gasteiger partial charge is 0.307 e. The maximum atomic E-state index is 11.3. The standard InChI is InChI=1S/C14H22N2O3S/c1-14(2,3)20-8-11-15-12(19-16-11)9-6-4-5-7-10(9)13(17)18/h9-10H,4-8H2,1-3H3,(H,17,18). The van der Waals surface area contributed by atoms with E-state index in [2.05, 4.69) is 30.9 Å². The number of rotatable bonds is 4. The number of hydrogen-bond acceptors (Lipinski definition) is 5. The summed E-state index contributed by atoms with van der Waals surface area (Å²) in [6.07, 6.45) is 3.52. The van der Waals surface area contributed by atoms with Gasteiger partial charge in [-0.3, -0.25) is 4.79 Å². The van der Waals surface area contributed by atoms with Crippen molar-refractivity contribution in [1.29, 1.82) is 0 Å². The van der Waals surface area contributed by atoms with Crippen LogP contribution in [0.3, 0.4) is 0 Å². The van der Waals surface area contributed by atoms with Crippen LogP contribution in [0.4, 0.5) is 0 Å². The van der Waals surface area contributed by atoms with Gasteiger partial charge in [0.2, 0.25) is 5.89 Å². The molecular weight excluding hydrogens is 276 g/mol. The molecule has 0 spiro atoms. The monoisotopic (exact) mass is 298 g/mol. The molecule has 0 bridgehead atoms. The second kappa shape index (κ2) is 6.16. The van der Waals surface area contributed by atoms with Gasteiger partial charge in [-0.15, -0.1) is 11.8 Å². The molecule has 0 aliphatic heterocycles. The lowest BCUT2D eigenvalue weighted by molar-refractivity contribution is -0.143. The van der Waals surface area contributed by atoms with Gasteiger partial charge in [0.15, 0.2) is 5.82 Å². The SMILES string of the molecule is CC(C)(C)SCc1noc(C2CCCCC2C(=O)O)n1. The fourth-order valence-corrected chi connectivity index (χ4v) is 3.16. The zero-order valence-corrected chi connectivity index (χ0v) is 13.1. The minimum absolute atomic E-state index is 0.123. The van der Waals surface area contributed by atoms with Crippen LogP contribution in [-0.2, 0) is 10.5 Å². The average molecular weight is 298 g/mol. The van der Waals surface area contributed by atoms with Gasteiger partial charge in [-0.2, -0.15) is 4.98 Å². The number of thioether (sulfide) groups is 1. The lowest BCUT2D eigenvalue weighted by Gasteiger charge is -2.25. The predicted molar refractivity (Wildman–Crippen MR) is 77.7 cm³/mol. The summed E-state index contributed by atoms with van der Waals surface area (Å²) in [6, 6.07) is 0. The van der Waals surface area contributed by atoms with Crippen molar-refractivity contribution in [2.24, 2.45) is 5.92 Å². The highest BCUT2D eigenvalue weighted by atomic mass is 32.2. The van der Waals surface area contributed by atoms with E-state index in [1.807, 2.05) is 0 Å². The maximum absolute atomic E-state index is 11.3. The molecule has 1 aliphatic rings. The van der Waals surface area contributed by atoms with Gasteiger partial charge in [0.05, 0.1) is 17.6 Å². The Kier molecular flexibility index (Phi) is 4.73. The first kappa shape index (κ1) is 15.4. The minimum Gasteiger partial charge on any atom is -0.481 e. The van der Waals surface area contributed by atoms with E-state index >= 15 is 0 Å². The Morgan fingerprint density at radius 3 is 2.75 bits per heavy atom. The average Bonchev–Trinajstić information content (AvgIpc) is 2.84. The van der Waals surface area contributed by atoms with Crippen molar-refractivity contribution in [2.75, 3.05) is 0 Å². The van der Waals surface area contributed by atoms with E-state index in [0.717, 1.165) is 19.3 Å². The number of nitrogens with zero attached hydrogens (tertiary/aromatic N) is 2. The molecule has 5 nitrogen and oxygen atoms in total. The van der Waals surface area contributed by atoms with Crippen molar-refractivity contribution in [1.82, 2.24) is 10.1 Å². The van der Waals surface area contributed by atoms with Gasteiger partial charge in [0.1, 0.15) is 0 Å². The highest BCUT2D eigenvalue weighted by Crippen LogP contribution is 2.37. The third-order valence-electron chi connectivity index (χ3n) is 3.52. The van der Waals surface area contributed by atoms with E-state index in [9.17, 15) is 9.90 Å². The van der Waals surface area contributed by atoms with E-state index in [-0.39, 0.29) is 16.6 Å². The van der Waals surface area contributed by atoms with E-state index in [4.69, 9.17) is 4.52 Å². The number of carboxylic acid groups (broad SMARTS) is 1. The summed E-state index contributed by atoms with van der Waals surface area (Å²) in [5.74, 6) is 0.599. The molecule has 2 unspecified atom stereocenters. The molecular formula is C14H22N2O3S. The van der Waals surface area contributed by atoms with Crippen LogP contribution in [0.15, 0.2) is 4.52 Å². The molecule has 20 heavy (non-hydrogen) atoms. The van der Waals surface area contributed by atoms with Crippen molar-refractivity contribution in [3.63, 3.8) is 0 Å². The summed E-state index contributed by atoms with van der Waals surface area (Å²) in [4.78, 5) is 15.7. The summed E-state index contributed by atoms with van der Waals surface area (Å²) in [7, 11) is 0. The van der Waals surface area contributed by atoms with E-state index < -0.39 is 5.97 Å².